The maximum Gasteiger partial charge on any atom is 0.249 e. The van der Waals surface area contributed by atoms with E-state index < -0.39 is 0 Å². The third-order valence-corrected chi connectivity index (χ3v) is 4.68. The zero-order chi connectivity index (χ0) is 17.6. The summed E-state index contributed by atoms with van der Waals surface area (Å²) in [6, 6.07) is 9.18. The Morgan fingerprint density at radius 3 is 2.80 bits per heavy atom. The normalized spacial score (nSPS) is 15.5. The van der Waals surface area contributed by atoms with E-state index in [1.54, 1.807) is 12.1 Å². The molecule has 130 valence electrons. The number of piperidine rings is 1. The molecule has 5 nitrogen and oxygen atoms in total. The molecule has 0 saturated carbocycles. The van der Waals surface area contributed by atoms with Gasteiger partial charge in [-0.2, -0.15) is 0 Å². The van der Waals surface area contributed by atoms with Gasteiger partial charge in [-0.15, -0.1) is 0 Å². The average Bonchev–Trinajstić information content (AvgIpc) is 2.62. The molecule has 0 aliphatic carbocycles. The molecule has 0 unspecified atom stereocenters. The van der Waals surface area contributed by atoms with Crippen LogP contribution in [0.4, 0.5) is 11.6 Å². The first-order chi connectivity index (χ1) is 12.1. The molecule has 1 N–H and O–H groups in total. The lowest BCUT2D eigenvalue weighted by molar-refractivity contribution is -0.111. The average molecular weight is 357 g/mol. The molecule has 1 aliphatic heterocycles. The molecule has 0 radical (unpaired) electrons. The summed E-state index contributed by atoms with van der Waals surface area (Å²) < 4.78 is 0. The Labute approximate surface area is 152 Å². The van der Waals surface area contributed by atoms with Gasteiger partial charge in [0.05, 0.1) is 0 Å². The number of carbonyl (C=O) groups is 1. The van der Waals surface area contributed by atoms with Crippen molar-refractivity contribution in [3.8, 4) is 0 Å². The number of hydrogen-bond acceptors (Lipinski definition) is 4. The molecule has 1 saturated heterocycles. The standard InChI is InChI=1S/C19H21ClN4O/c1-14-8-10-24(11-9-14)18-12-17(21-13-22-18)23-19(25)7-6-15-4-2-3-5-16(15)20/h2-7,12-14H,8-11H2,1H3,(H,21,22,23,25)/b7-6+. The number of nitrogens with one attached hydrogen (secondary N) is 1. The molecule has 1 amide bonds. The van der Waals surface area contributed by atoms with Gasteiger partial charge >= 0.3 is 0 Å². The molecule has 1 aromatic carbocycles. The molecule has 25 heavy (non-hydrogen) atoms. The van der Waals surface area contributed by atoms with E-state index >= 15 is 0 Å². The number of anilines is 2. The second kappa shape index (κ2) is 8.12. The van der Waals surface area contributed by atoms with Crippen LogP contribution in [0.2, 0.25) is 5.02 Å². The predicted molar refractivity (Wildman–Crippen MR) is 102 cm³/mol. The molecule has 1 aliphatic rings. The van der Waals surface area contributed by atoms with Crippen LogP contribution in [0.5, 0.6) is 0 Å². The number of aromatic nitrogens is 2. The fourth-order valence-corrected chi connectivity index (χ4v) is 2.97. The summed E-state index contributed by atoms with van der Waals surface area (Å²) in [6.07, 6.45) is 6.94. The Morgan fingerprint density at radius 2 is 2.04 bits per heavy atom. The van der Waals surface area contributed by atoms with E-state index in [1.807, 2.05) is 24.3 Å². The van der Waals surface area contributed by atoms with E-state index in [2.05, 4.69) is 27.1 Å². The second-order valence-corrected chi connectivity index (χ2v) is 6.68. The number of benzene rings is 1. The highest BCUT2D eigenvalue weighted by Crippen LogP contribution is 2.22. The molecule has 1 fully saturated rings. The van der Waals surface area contributed by atoms with E-state index in [0.717, 1.165) is 43.2 Å². The lowest BCUT2D eigenvalue weighted by Gasteiger charge is -2.31. The van der Waals surface area contributed by atoms with Gasteiger partial charge in [0.25, 0.3) is 0 Å². The first-order valence-electron chi connectivity index (χ1n) is 8.42. The van der Waals surface area contributed by atoms with Gasteiger partial charge in [0.1, 0.15) is 18.0 Å². The van der Waals surface area contributed by atoms with E-state index in [9.17, 15) is 4.79 Å². The minimum Gasteiger partial charge on any atom is -0.356 e. The monoisotopic (exact) mass is 356 g/mol. The SMILES string of the molecule is CC1CCN(c2cc(NC(=O)/C=C/c3ccccc3Cl)ncn2)CC1. The largest absolute Gasteiger partial charge is 0.356 e. The van der Waals surface area contributed by atoms with E-state index in [1.165, 1.54) is 12.4 Å². The molecule has 2 aromatic rings. The number of nitrogens with zero attached hydrogens (tertiary/aromatic N) is 3. The molecular formula is C19H21ClN4O. The Balaban J connectivity index is 1.64. The minimum atomic E-state index is -0.253. The van der Waals surface area contributed by atoms with Gasteiger partial charge < -0.3 is 10.2 Å². The number of amides is 1. The Hall–Kier alpha value is -2.40. The fourth-order valence-electron chi connectivity index (χ4n) is 2.77. The lowest BCUT2D eigenvalue weighted by Crippen LogP contribution is -2.33. The number of carbonyl (C=O) groups excluding carboxylic acids is 1. The zero-order valence-electron chi connectivity index (χ0n) is 14.2. The van der Waals surface area contributed by atoms with Gasteiger partial charge in [-0.3, -0.25) is 4.79 Å². The zero-order valence-corrected chi connectivity index (χ0v) is 14.9. The van der Waals surface area contributed by atoms with Gasteiger partial charge in [0, 0.05) is 30.3 Å². The molecule has 2 heterocycles. The summed E-state index contributed by atoms with van der Waals surface area (Å²) in [4.78, 5) is 22.8. The van der Waals surface area contributed by atoms with Gasteiger partial charge in [0.15, 0.2) is 0 Å². The molecule has 3 rings (SSSR count). The van der Waals surface area contributed by atoms with Gasteiger partial charge in [-0.25, -0.2) is 9.97 Å². The maximum absolute atomic E-state index is 12.1. The highest BCUT2D eigenvalue weighted by molar-refractivity contribution is 6.32. The van der Waals surface area contributed by atoms with Crippen LogP contribution in [-0.2, 0) is 4.79 Å². The molecular weight excluding hydrogens is 336 g/mol. The highest BCUT2D eigenvalue weighted by Gasteiger charge is 2.17. The van der Waals surface area contributed by atoms with Crippen LogP contribution in [0.15, 0.2) is 42.7 Å². The fraction of sp³-hybridized carbons (Fsp3) is 0.316. The second-order valence-electron chi connectivity index (χ2n) is 6.28. The van der Waals surface area contributed by atoms with Crippen LogP contribution in [0, 0.1) is 5.92 Å². The Kier molecular flexibility index (Phi) is 5.66. The summed E-state index contributed by atoms with van der Waals surface area (Å²) in [5.74, 6) is 1.86. The summed E-state index contributed by atoms with van der Waals surface area (Å²) in [6.45, 7) is 4.24. The van der Waals surface area contributed by atoms with Crippen molar-refractivity contribution in [3.05, 3.63) is 53.3 Å². The van der Waals surface area contributed by atoms with Crippen molar-refractivity contribution < 1.29 is 4.79 Å². The number of halogens is 1. The summed E-state index contributed by atoms with van der Waals surface area (Å²) >= 11 is 6.08. The summed E-state index contributed by atoms with van der Waals surface area (Å²) in [5, 5.41) is 3.38. The van der Waals surface area contributed by atoms with Crippen molar-refractivity contribution in [3.63, 3.8) is 0 Å². The first kappa shape index (κ1) is 17.4. The van der Waals surface area contributed by atoms with Crippen LogP contribution in [0.1, 0.15) is 25.3 Å². The molecule has 0 bridgehead atoms. The van der Waals surface area contributed by atoms with Crippen molar-refractivity contribution in [2.24, 2.45) is 5.92 Å². The quantitative estimate of drug-likeness (QED) is 0.840. The maximum atomic E-state index is 12.1. The summed E-state index contributed by atoms with van der Waals surface area (Å²) in [5.41, 5.74) is 0.796. The van der Waals surface area contributed by atoms with Crippen molar-refractivity contribution in [1.82, 2.24) is 9.97 Å². The number of hydrogen-bond donors (Lipinski definition) is 1. The molecule has 0 atom stereocenters. The smallest absolute Gasteiger partial charge is 0.249 e. The van der Waals surface area contributed by atoms with Gasteiger partial charge in [-0.1, -0.05) is 36.7 Å². The minimum absolute atomic E-state index is 0.253. The van der Waals surface area contributed by atoms with E-state index in [4.69, 9.17) is 11.6 Å². The topological polar surface area (TPSA) is 58.1 Å². The third kappa shape index (κ3) is 4.79. The van der Waals surface area contributed by atoms with Gasteiger partial charge in [-0.05, 0) is 36.5 Å². The van der Waals surface area contributed by atoms with Crippen LogP contribution < -0.4 is 10.2 Å². The Morgan fingerprint density at radius 1 is 1.28 bits per heavy atom. The predicted octanol–water partition coefficient (Wildman–Crippen LogP) is 4.02. The first-order valence-corrected chi connectivity index (χ1v) is 8.80. The van der Waals surface area contributed by atoms with Crippen molar-refractivity contribution in [1.29, 1.82) is 0 Å². The molecule has 1 aromatic heterocycles. The summed E-state index contributed by atoms with van der Waals surface area (Å²) in [7, 11) is 0. The van der Waals surface area contributed by atoms with Crippen molar-refractivity contribution >= 4 is 35.2 Å². The van der Waals surface area contributed by atoms with E-state index in [-0.39, 0.29) is 5.91 Å². The number of rotatable bonds is 4. The third-order valence-electron chi connectivity index (χ3n) is 4.33. The van der Waals surface area contributed by atoms with Crippen LogP contribution in [0.25, 0.3) is 6.08 Å². The molecule has 0 spiro atoms. The molecule has 6 heteroatoms. The van der Waals surface area contributed by atoms with Crippen LogP contribution in [0.3, 0.4) is 0 Å². The van der Waals surface area contributed by atoms with Crippen LogP contribution >= 0.6 is 11.6 Å². The van der Waals surface area contributed by atoms with Gasteiger partial charge in [0.2, 0.25) is 5.91 Å². The Bertz CT molecular complexity index is 770. The van der Waals surface area contributed by atoms with Crippen molar-refractivity contribution in [2.75, 3.05) is 23.3 Å². The lowest BCUT2D eigenvalue weighted by atomic mass is 9.99. The van der Waals surface area contributed by atoms with Crippen molar-refractivity contribution in [2.45, 2.75) is 19.8 Å². The van der Waals surface area contributed by atoms with Crippen LogP contribution in [-0.4, -0.2) is 29.0 Å². The highest BCUT2D eigenvalue weighted by atomic mass is 35.5. The van der Waals surface area contributed by atoms with E-state index in [0.29, 0.717) is 10.8 Å².